The molecular formula is C23H25F5N5O6P. The SMILES string of the molecule is Cc1[nH]c(N(C(=O)c2cncc(CNC(=O)C(C)C)c2)C(F)F)nc1-c1ccc(C(F)(F)F)cc1.O=P(O)(O)O. The third kappa shape index (κ3) is 9.48. The summed E-state index contributed by atoms with van der Waals surface area (Å²) in [5.41, 5.74) is 0.0593. The van der Waals surface area contributed by atoms with Crippen molar-refractivity contribution in [1.82, 2.24) is 20.3 Å². The van der Waals surface area contributed by atoms with E-state index in [4.69, 9.17) is 19.2 Å². The summed E-state index contributed by atoms with van der Waals surface area (Å²) in [6, 6.07) is 5.38. The smallest absolute Gasteiger partial charge is 0.352 e. The Labute approximate surface area is 224 Å². The van der Waals surface area contributed by atoms with E-state index in [2.05, 4.69) is 20.3 Å². The van der Waals surface area contributed by atoms with Crippen LogP contribution in [0.5, 0.6) is 0 Å². The maximum atomic E-state index is 13.9. The monoisotopic (exact) mass is 593 g/mol. The summed E-state index contributed by atoms with van der Waals surface area (Å²) in [6.07, 6.45) is -2.02. The molecule has 2 aromatic heterocycles. The van der Waals surface area contributed by atoms with E-state index in [1.54, 1.807) is 13.8 Å². The van der Waals surface area contributed by atoms with Crippen molar-refractivity contribution in [3.63, 3.8) is 0 Å². The van der Waals surface area contributed by atoms with Crippen molar-refractivity contribution in [2.75, 3.05) is 4.90 Å². The number of rotatable bonds is 7. The summed E-state index contributed by atoms with van der Waals surface area (Å²) in [7, 11) is -4.64. The number of nitrogens with zero attached hydrogens (tertiary/aromatic N) is 3. The number of halogens is 5. The predicted molar refractivity (Wildman–Crippen MR) is 132 cm³/mol. The average Bonchev–Trinajstić information content (AvgIpc) is 3.21. The van der Waals surface area contributed by atoms with Crippen molar-refractivity contribution in [2.24, 2.45) is 5.92 Å². The van der Waals surface area contributed by atoms with Gasteiger partial charge in [-0.1, -0.05) is 26.0 Å². The van der Waals surface area contributed by atoms with Gasteiger partial charge in [0.05, 0.1) is 16.8 Å². The molecule has 17 heteroatoms. The molecule has 2 heterocycles. The molecule has 0 bridgehead atoms. The second kappa shape index (κ2) is 13.1. The Kier molecular flexibility index (Phi) is 10.6. The van der Waals surface area contributed by atoms with Crippen molar-refractivity contribution in [2.45, 2.75) is 40.0 Å². The van der Waals surface area contributed by atoms with Gasteiger partial charge in [0.25, 0.3) is 5.91 Å². The number of nitrogens with one attached hydrogen (secondary N) is 2. The lowest BCUT2D eigenvalue weighted by Crippen LogP contribution is -2.36. The van der Waals surface area contributed by atoms with Crippen LogP contribution in [0.2, 0.25) is 0 Å². The zero-order valence-corrected chi connectivity index (χ0v) is 22.0. The number of carbonyl (C=O) groups is 2. The molecule has 0 radical (unpaired) electrons. The van der Waals surface area contributed by atoms with Crippen LogP contribution in [0.25, 0.3) is 11.3 Å². The van der Waals surface area contributed by atoms with Crippen molar-refractivity contribution in [1.29, 1.82) is 0 Å². The van der Waals surface area contributed by atoms with Crippen molar-refractivity contribution in [3.8, 4) is 11.3 Å². The zero-order valence-electron chi connectivity index (χ0n) is 21.1. The van der Waals surface area contributed by atoms with Crippen LogP contribution < -0.4 is 10.2 Å². The van der Waals surface area contributed by atoms with Gasteiger partial charge < -0.3 is 25.0 Å². The molecule has 11 nitrogen and oxygen atoms in total. The molecule has 1 aromatic carbocycles. The Morgan fingerprint density at radius 2 is 1.68 bits per heavy atom. The molecule has 3 aromatic rings. The molecule has 2 amide bonds. The topological polar surface area (TPSA) is 169 Å². The number of H-pyrrole nitrogens is 1. The van der Waals surface area contributed by atoms with E-state index in [1.165, 1.54) is 31.3 Å². The van der Waals surface area contributed by atoms with E-state index < -0.39 is 38.0 Å². The van der Waals surface area contributed by atoms with Gasteiger partial charge in [-0.3, -0.25) is 14.6 Å². The molecule has 218 valence electrons. The first-order chi connectivity index (χ1) is 18.4. The van der Waals surface area contributed by atoms with Crippen LogP contribution in [-0.2, 0) is 22.1 Å². The minimum atomic E-state index is -4.64. The van der Waals surface area contributed by atoms with Gasteiger partial charge in [0.2, 0.25) is 11.9 Å². The quantitative estimate of drug-likeness (QED) is 0.156. The summed E-state index contributed by atoms with van der Waals surface area (Å²) >= 11 is 0. The summed E-state index contributed by atoms with van der Waals surface area (Å²) in [5, 5.41) is 2.65. The lowest BCUT2D eigenvalue weighted by molar-refractivity contribution is -0.137. The van der Waals surface area contributed by atoms with Crippen LogP contribution in [-0.4, -0.2) is 48.0 Å². The van der Waals surface area contributed by atoms with Gasteiger partial charge in [-0.05, 0) is 30.7 Å². The van der Waals surface area contributed by atoms with Crippen LogP contribution in [0.4, 0.5) is 27.9 Å². The third-order valence-electron chi connectivity index (χ3n) is 5.03. The molecule has 0 saturated carbocycles. The fraction of sp³-hybridized carbons (Fsp3) is 0.304. The number of imidazole rings is 1. The van der Waals surface area contributed by atoms with Gasteiger partial charge >= 0.3 is 20.5 Å². The normalized spacial score (nSPS) is 11.7. The molecule has 0 aliphatic rings. The Morgan fingerprint density at radius 3 is 2.17 bits per heavy atom. The largest absolute Gasteiger partial charge is 0.466 e. The summed E-state index contributed by atoms with van der Waals surface area (Å²) in [4.78, 5) is 56.9. The first kappa shape index (κ1) is 32.5. The molecule has 40 heavy (non-hydrogen) atoms. The molecule has 0 spiro atoms. The van der Waals surface area contributed by atoms with Gasteiger partial charge in [-0.15, -0.1) is 0 Å². The van der Waals surface area contributed by atoms with Gasteiger partial charge in [0.1, 0.15) is 0 Å². The minimum Gasteiger partial charge on any atom is -0.352 e. The number of aromatic amines is 1. The van der Waals surface area contributed by atoms with Crippen LogP contribution in [0, 0.1) is 12.8 Å². The van der Waals surface area contributed by atoms with Crippen LogP contribution >= 0.6 is 7.82 Å². The molecule has 0 fully saturated rings. The van der Waals surface area contributed by atoms with Gasteiger partial charge in [-0.2, -0.15) is 22.0 Å². The first-order valence-electron chi connectivity index (χ1n) is 11.2. The van der Waals surface area contributed by atoms with Gasteiger partial charge in [0, 0.05) is 36.1 Å². The first-order valence-corrected chi connectivity index (χ1v) is 12.8. The number of pyridine rings is 1. The highest BCUT2D eigenvalue weighted by molar-refractivity contribution is 7.45. The van der Waals surface area contributed by atoms with Gasteiger partial charge in [0.15, 0.2) is 0 Å². The number of aryl methyl sites for hydroxylation is 1. The lowest BCUT2D eigenvalue weighted by atomic mass is 10.1. The van der Waals surface area contributed by atoms with Crippen molar-refractivity contribution < 1.29 is 50.8 Å². The van der Waals surface area contributed by atoms with Crippen LogP contribution in [0.15, 0.2) is 42.7 Å². The number of benzene rings is 1. The van der Waals surface area contributed by atoms with E-state index in [9.17, 15) is 31.5 Å². The standard InChI is InChI=1S/C23H22F5N5O2.H3O4P/c1-12(2)19(34)30-10-14-8-16(11-29-9-14)20(35)33(21(24)25)22-31-13(3)18(32-22)15-4-6-17(7-5-15)23(26,27)28;1-5(2,3)4/h4-9,11-12,21H,10H2,1-3H3,(H,30,34)(H,31,32);(H3,1,2,3,4). The molecule has 5 N–H and O–H groups in total. The fourth-order valence-corrected chi connectivity index (χ4v) is 3.17. The maximum Gasteiger partial charge on any atom is 0.466 e. The van der Waals surface area contributed by atoms with E-state index in [0.29, 0.717) is 5.56 Å². The minimum absolute atomic E-state index is 0.0533. The van der Waals surface area contributed by atoms with Gasteiger partial charge in [-0.25, -0.2) is 14.4 Å². The Hall–Kier alpha value is -3.72. The number of anilines is 1. The average molecular weight is 593 g/mol. The van der Waals surface area contributed by atoms with E-state index >= 15 is 0 Å². The highest BCUT2D eigenvalue weighted by Gasteiger charge is 2.31. The van der Waals surface area contributed by atoms with E-state index in [1.807, 2.05) is 0 Å². The van der Waals surface area contributed by atoms with E-state index in [0.717, 1.165) is 18.3 Å². The Balaban J connectivity index is 0.00000103. The molecule has 0 saturated heterocycles. The van der Waals surface area contributed by atoms with Crippen LogP contribution in [0.3, 0.4) is 0 Å². The lowest BCUT2D eigenvalue weighted by Gasteiger charge is -2.19. The molecule has 0 aliphatic carbocycles. The number of aromatic nitrogens is 3. The van der Waals surface area contributed by atoms with E-state index in [-0.39, 0.29) is 45.8 Å². The summed E-state index contributed by atoms with van der Waals surface area (Å²) in [6.45, 7) is 1.68. The van der Waals surface area contributed by atoms with Crippen molar-refractivity contribution in [3.05, 3.63) is 65.1 Å². The molecular weight excluding hydrogens is 568 g/mol. The molecule has 0 aliphatic heterocycles. The summed E-state index contributed by atoms with van der Waals surface area (Å²) < 4.78 is 75.2. The van der Waals surface area contributed by atoms with Crippen LogP contribution in [0.1, 0.15) is 41.0 Å². The predicted octanol–water partition coefficient (Wildman–Crippen LogP) is 4.01. The Morgan fingerprint density at radius 1 is 1.10 bits per heavy atom. The fourth-order valence-electron chi connectivity index (χ4n) is 3.17. The number of hydrogen-bond donors (Lipinski definition) is 5. The molecule has 0 unspecified atom stereocenters. The number of alkyl halides is 5. The third-order valence-corrected chi connectivity index (χ3v) is 5.03. The summed E-state index contributed by atoms with van der Waals surface area (Å²) in [5.74, 6) is -2.06. The molecule has 3 rings (SSSR count). The number of phosphoric acid groups is 1. The number of amides is 2. The molecule has 0 atom stereocenters. The highest BCUT2D eigenvalue weighted by Crippen LogP contribution is 2.32. The zero-order chi connectivity index (χ0) is 30.4. The highest BCUT2D eigenvalue weighted by atomic mass is 31.2. The maximum absolute atomic E-state index is 13.9. The van der Waals surface area contributed by atoms with Crippen molar-refractivity contribution >= 4 is 25.6 Å². The number of hydrogen-bond acceptors (Lipinski definition) is 5. The second-order valence-electron chi connectivity index (χ2n) is 8.53. The Bertz CT molecular complexity index is 1370. The number of carbonyl (C=O) groups excluding carboxylic acids is 2. The second-order valence-corrected chi connectivity index (χ2v) is 9.56.